The highest BCUT2D eigenvalue weighted by Gasteiger charge is 2.28. The van der Waals surface area contributed by atoms with Crippen molar-refractivity contribution in [3.63, 3.8) is 0 Å². The summed E-state index contributed by atoms with van der Waals surface area (Å²) in [6.45, 7) is 0. The van der Waals surface area contributed by atoms with Crippen LogP contribution in [0.3, 0.4) is 0 Å². The molecule has 31 aromatic rings. The van der Waals surface area contributed by atoms with E-state index >= 15 is 0 Å². The van der Waals surface area contributed by atoms with Crippen LogP contribution in [0.4, 0.5) is 0 Å². The second-order valence-corrected chi connectivity index (χ2v) is 36.7. The third-order valence-corrected chi connectivity index (χ3v) is 29.6. The lowest BCUT2D eigenvalue weighted by atomic mass is 9.95. The van der Waals surface area contributed by atoms with E-state index in [0.29, 0.717) is 0 Å². The zero-order valence-corrected chi connectivity index (χ0v) is 75.0. The van der Waals surface area contributed by atoms with Crippen molar-refractivity contribution in [1.82, 2.24) is 27.4 Å². The first-order chi connectivity index (χ1) is 68.6. The molecule has 640 valence electrons. The Labute approximate surface area is 792 Å². The minimum absolute atomic E-state index is 1.16. The van der Waals surface area contributed by atoms with Gasteiger partial charge in [-0.2, -0.15) is 0 Å². The summed E-state index contributed by atoms with van der Waals surface area (Å²) in [5, 5.41) is 38.5. The van der Waals surface area contributed by atoms with Gasteiger partial charge in [-0.05, 0) is 219 Å². The topological polar surface area (TPSA) is 29.6 Å². The fourth-order valence-corrected chi connectivity index (χ4v) is 23.8. The predicted molar refractivity (Wildman–Crippen MR) is 588 cm³/mol. The standard InChI is InChI=1S/C48H30N2.2C42H26N2/c1-2-13-34(14-3-1)49-43-21-11-10-18-39(43)42-30-33(25-28-44(42)49)31-22-26-35(27-23-31)50-45-29-24-32-12-4-5-15-36(32)46(45)47-40-19-8-6-16-37(40)38-17-7-9-20-41(38)48(47)50;1-2-13-28(14-3-1)43-37-21-11-10-18-33(37)34-24-23-29(26-39(34)43)44-38-25-22-27-12-4-5-15-30(27)40(38)41-35-19-8-6-16-31(35)32-17-7-9-20-36(32)42(41)44;1-2-13-28(14-3-1)43-37-21-11-10-18-33(37)36-26-29(23-25-38(36)43)44-39-24-22-27-12-4-5-15-30(27)40(39)41-34-19-8-6-16-31(34)32-17-7-9-20-35(32)42(41)44/h1-30H;2*1-26H. The number of aromatic nitrogens is 6. The Morgan fingerprint density at radius 1 is 0.101 bits per heavy atom. The van der Waals surface area contributed by atoms with E-state index in [0.717, 1.165) is 11.4 Å². The fourth-order valence-electron chi connectivity index (χ4n) is 23.8. The molecule has 0 saturated carbocycles. The maximum atomic E-state index is 2.51. The van der Waals surface area contributed by atoms with Crippen LogP contribution in [-0.2, 0) is 0 Å². The van der Waals surface area contributed by atoms with Gasteiger partial charge in [0.05, 0.1) is 66.2 Å². The summed E-state index contributed by atoms with van der Waals surface area (Å²) in [6, 6.07) is 182. The number of hydrogen-bond donors (Lipinski definition) is 0. The van der Waals surface area contributed by atoms with Crippen LogP contribution in [0.2, 0.25) is 0 Å². The lowest BCUT2D eigenvalue weighted by Gasteiger charge is -2.13. The number of rotatable bonds is 7. The van der Waals surface area contributed by atoms with Crippen LogP contribution < -0.4 is 0 Å². The van der Waals surface area contributed by atoms with Gasteiger partial charge in [0.25, 0.3) is 0 Å². The van der Waals surface area contributed by atoms with Gasteiger partial charge in [0.1, 0.15) is 0 Å². The van der Waals surface area contributed by atoms with Crippen molar-refractivity contribution in [3.8, 4) is 45.3 Å². The first-order valence-corrected chi connectivity index (χ1v) is 47.7. The Hall–Kier alpha value is -18.4. The van der Waals surface area contributed by atoms with Gasteiger partial charge in [0, 0.05) is 115 Å². The molecule has 0 aliphatic heterocycles. The number of para-hydroxylation sites is 6. The van der Waals surface area contributed by atoms with Crippen LogP contribution in [0.15, 0.2) is 497 Å². The average Bonchev–Trinajstić information content (AvgIpc) is 1.53. The summed E-state index contributed by atoms with van der Waals surface area (Å²) >= 11 is 0. The molecule has 0 aliphatic rings. The SMILES string of the molecule is c1ccc(-n2c3ccccc3c3cc(-c4ccc(-n5c6ccc7ccccc7c6c6c7ccccc7c7ccccc7c65)cc4)ccc32)cc1.c1ccc(-n2c3ccccc3c3cc(-n4c5ccc6ccccc6c5c5c6ccccc6c6ccccc6c54)ccc32)cc1.c1ccc(-n2c3ccccc3c3ccc(-n4c5ccc6ccccc6c5c5c6ccccc6c6ccccc6c54)cc32)cc1. The quantitative estimate of drug-likeness (QED) is 0.142. The monoisotopic (exact) mass is 1750 g/mol. The van der Waals surface area contributed by atoms with Gasteiger partial charge in [-0.25, -0.2) is 0 Å². The van der Waals surface area contributed by atoms with Crippen LogP contribution in [-0.4, -0.2) is 27.4 Å². The molecule has 0 saturated heterocycles. The Kier molecular flexibility index (Phi) is 17.1. The van der Waals surface area contributed by atoms with E-state index in [4.69, 9.17) is 0 Å². The van der Waals surface area contributed by atoms with Crippen molar-refractivity contribution in [3.05, 3.63) is 497 Å². The Morgan fingerprint density at radius 3 is 0.732 bits per heavy atom. The molecule has 6 heteroatoms. The molecule has 0 N–H and O–H groups in total. The Balaban J connectivity index is 0.000000100. The molecule has 6 heterocycles. The predicted octanol–water partition coefficient (Wildman–Crippen LogP) is 35.7. The van der Waals surface area contributed by atoms with Crippen LogP contribution in [0, 0.1) is 0 Å². The highest BCUT2D eigenvalue weighted by atomic mass is 15.0. The second-order valence-electron chi connectivity index (χ2n) is 36.7. The molecule has 25 aromatic carbocycles. The Morgan fingerprint density at radius 2 is 0.341 bits per heavy atom. The smallest absolute Gasteiger partial charge is 0.0626 e. The van der Waals surface area contributed by atoms with Crippen LogP contribution in [0.1, 0.15) is 0 Å². The largest absolute Gasteiger partial charge is 0.309 e. The normalized spacial score (nSPS) is 12.1. The third-order valence-electron chi connectivity index (χ3n) is 29.6. The molecule has 138 heavy (non-hydrogen) atoms. The molecule has 0 radical (unpaired) electrons. The first-order valence-electron chi connectivity index (χ1n) is 47.7. The van der Waals surface area contributed by atoms with Gasteiger partial charge in [0.2, 0.25) is 0 Å². The lowest BCUT2D eigenvalue weighted by Crippen LogP contribution is -1.97. The van der Waals surface area contributed by atoms with Crippen molar-refractivity contribution in [2.75, 3.05) is 0 Å². The van der Waals surface area contributed by atoms with Gasteiger partial charge in [-0.15, -0.1) is 0 Å². The first kappa shape index (κ1) is 77.3. The van der Waals surface area contributed by atoms with E-state index in [1.165, 1.54) is 262 Å². The maximum Gasteiger partial charge on any atom is 0.0626 e. The number of nitrogens with zero attached hydrogens (tertiary/aromatic N) is 6. The zero-order chi connectivity index (χ0) is 90.3. The minimum Gasteiger partial charge on any atom is -0.309 e. The zero-order valence-electron chi connectivity index (χ0n) is 75.0. The fraction of sp³-hybridized carbons (Fsp3) is 0. The number of fused-ring (bicyclic) bond motifs is 39. The third kappa shape index (κ3) is 11.5. The van der Waals surface area contributed by atoms with E-state index in [-0.39, 0.29) is 0 Å². The van der Waals surface area contributed by atoms with E-state index < -0.39 is 0 Å². The summed E-state index contributed by atoms with van der Waals surface area (Å²) < 4.78 is 14.7. The second kappa shape index (κ2) is 30.6. The molecule has 6 nitrogen and oxygen atoms in total. The van der Waals surface area contributed by atoms with Crippen molar-refractivity contribution in [2.24, 2.45) is 0 Å². The molecule has 0 spiro atoms. The van der Waals surface area contributed by atoms with Gasteiger partial charge in [-0.1, -0.05) is 370 Å². The molecule has 0 aliphatic carbocycles. The van der Waals surface area contributed by atoms with Gasteiger partial charge >= 0.3 is 0 Å². The number of benzene rings is 25. The van der Waals surface area contributed by atoms with Crippen LogP contribution in [0.25, 0.3) is 273 Å². The molecule has 0 atom stereocenters. The maximum absolute atomic E-state index is 2.51. The van der Waals surface area contributed by atoms with E-state index in [2.05, 4.69) is 525 Å². The minimum atomic E-state index is 1.16. The summed E-state index contributed by atoms with van der Waals surface area (Å²) in [7, 11) is 0. The van der Waals surface area contributed by atoms with Crippen LogP contribution >= 0.6 is 0 Å². The summed E-state index contributed by atoms with van der Waals surface area (Å²) in [6.07, 6.45) is 0. The molecule has 0 bridgehead atoms. The molecular weight excluding hydrogens is 1670 g/mol. The van der Waals surface area contributed by atoms with Crippen molar-refractivity contribution >= 4 is 228 Å². The van der Waals surface area contributed by atoms with Crippen molar-refractivity contribution in [1.29, 1.82) is 0 Å². The highest BCUT2D eigenvalue weighted by molar-refractivity contribution is 6.39. The van der Waals surface area contributed by atoms with Crippen molar-refractivity contribution < 1.29 is 0 Å². The summed E-state index contributed by atoms with van der Waals surface area (Å²) in [5.74, 6) is 0. The molecule has 31 rings (SSSR count). The summed E-state index contributed by atoms with van der Waals surface area (Å²) in [5.41, 5.74) is 24.2. The molecule has 6 aromatic heterocycles. The van der Waals surface area contributed by atoms with Gasteiger partial charge in [-0.3, -0.25) is 0 Å². The molecule has 0 fully saturated rings. The summed E-state index contributed by atoms with van der Waals surface area (Å²) in [4.78, 5) is 0. The van der Waals surface area contributed by atoms with Crippen molar-refractivity contribution in [2.45, 2.75) is 0 Å². The van der Waals surface area contributed by atoms with Gasteiger partial charge < -0.3 is 27.4 Å². The highest BCUT2D eigenvalue weighted by Crippen LogP contribution is 2.51. The number of hydrogen-bond acceptors (Lipinski definition) is 0. The van der Waals surface area contributed by atoms with E-state index in [9.17, 15) is 0 Å². The van der Waals surface area contributed by atoms with Crippen LogP contribution in [0.5, 0.6) is 0 Å². The Bertz CT molecular complexity index is 10500. The molecule has 0 amide bonds. The lowest BCUT2D eigenvalue weighted by molar-refractivity contribution is 1.16. The average molecular weight is 1750 g/mol. The van der Waals surface area contributed by atoms with Gasteiger partial charge in [0.15, 0.2) is 0 Å². The van der Waals surface area contributed by atoms with E-state index in [1.54, 1.807) is 0 Å². The molecule has 0 unspecified atom stereocenters. The molecular formula is C132H82N6. The van der Waals surface area contributed by atoms with E-state index in [1.807, 2.05) is 0 Å².